The molecule has 24 heavy (non-hydrogen) atoms. The van der Waals surface area contributed by atoms with E-state index in [1.54, 1.807) is 29.2 Å². The summed E-state index contributed by atoms with van der Waals surface area (Å²) in [7, 11) is 0. The van der Waals surface area contributed by atoms with Crippen molar-refractivity contribution in [1.82, 2.24) is 9.78 Å². The van der Waals surface area contributed by atoms with Crippen LogP contribution in [-0.2, 0) is 6.42 Å². The molecule has 0 aliphatic heterocycles. The zero-order chi connectivity index (χ0) is 17.3. The summed E-state index contributed by atoms with van der Waals surface area (Å²) in [5.74, 6) is 0. The molecule has 0 fully saturated rings. The zero-order valence-corrected chi connectivity index (χ0v) is 16.6. The van der Waals surface area contributed by atoms with Crippen LogP contribution in [0.4, 0.5) is 0 Å². The van der Waals surface area contributed by atoms with E-state index in [1.807, 2.05) is 16.8 Å². The van der Waals surface area contributed by atoms with Gasteiger partial charge in [-0.3, -0.25) is 4.68 Å². The Morgan fingerprint density at radius 1 is 1.25 bits per heavy atom. The third-order valence-electron chi connectivity index (χ3n) is 3.51. The summed E-state index contributed by atoms with van der Waals surface area (Å²) in [6, 6.07) is 10.0. The molecule has 0 bridgehead atoms. The highest BCUT2D eigenvalue weighted by Crippen LogP contribution is 2.37. The highest BCUT2D eigenvalue weighted by molar-refractivity contribution is 7.99. The second-order valence-electron chi connectivity index (χ2n) is 5.73. The van der Waals surface area contributed by atoms with Crippen molar-refractivity contribution in [2.45, 2.75) is 36.2 Å². The molecule has 2 heterocycles. The summed E-state index contributed by atoms with van der Waals surface area (Å²) in [5, 5.41) is 9.11. The van der Waals surface area contributed by atoms with E-state index in [4.69, 9.17) is 23.2 Å². The topological polar surface area (TPSA) is 17.8 Å². The maximum absolute atomic E-state index is 6.15. The molecule has 0 saturated heterocycles. The minimum atomic E-state index is 0.250. The standard InChI is InChI=1S/C18H17Cl2N2S2/c1-11(2)22-18(24-16-8-13(19)7-14(20)9-16)17(12(3)21-22)10-15-5-4-6-23-15/h4-9,11H,3,10H2,1-2H3. The summed E-state index contributed by atoms with van der Waals surface area (Å²) < 4.78 is 2.03. The molecular formula is C18H17Cl2N2S2. The van der Waals surface area contributed by atoms with E-state index in [0.29, 0.717) is 10.0 Å². The van der Waals surface area contributed by atoms with Crippen molar-refractivity contribution in [3.63, 3.8) is 0 Å². The quantitative estimate of drug-likeness (QED) is 0.474. The van der Waals surface area contributed by atoms with Gasteiger partial charge >= 0.3 is 0 Å². The molecule has 0 saturated carbocycles. The van der Waals surface area contributed by atoms with Crippen LogP contribution in [0.25, 0.3) is 0 Å². The molecule has 1 radical (unpaired) electrons. The number of thiophene rings is 1. The van der Waals surface area contributed by atoms with Gasteiger partial charge < -0.3 is 0 Å². The maximum Gasteiger partial charge on any atom is 0.103 e. The molecule has 0 aliphatic carbocycles. The molecule has 0 spiro atoms. The number of benzene rings is 1. The number of aromatic nitrogens is 2. The molecule has 3 rings (SSSR count). The van der Waals surface area contributed by atoms with Gasteiger partial charge in [0.05, 0.1) is 5.69 Å². The second-order valence-corrected chi connectivity index (χ2v) is 8.70. The van der Waals surface area contributed by atoms with Crippen LogP contribution in [0.5, 0.6) is 0 Å². The minimum absolute atomic E-state index is 0.250. The lowest BCUT2D eigenvalue weighted by Gasteiger charge is -2.12. The van der Waals surface area contributed by atoms with Gasteiger partial charge in [-0.15, -0.1) is 11.3 Å². The number of halogens is 2. The number of rotatable bonds is 5. The monoisotopic (exact) mass is 395 g/mol. The highest BCUT2D eigenvalue weighted by Gasteiger charge is 2.19. The van der Waals surface area contributed by atoms with Gasteiger partial charge in [-0.05, 0) is 50.4 Å². The van der Waals surface area contributed by atoms with E-state index in [2.05, 4.69) is 43.4 Å². The highest BCUT2D eigenvalue weighted by atomic mass is 35.5. The molecule has 6 heteroatoms. The first-order valence-corrected chi connectivity index (χ1v) is 9.99. The Labute approximate surface area is 160 Å². The minimum Gasteiger partial charge on any atom is -0.256 e. The van der Waals surface area contributed by atoms with Crippen LogP contribution < -0.4 is 0 Å². The molecule has 125 valence electrons. The summed E-state index contributed by atoms with van der Waals surface area (Å²) in [6.45, 7) is 8.39. The van der Waals surface area contributed by atoms with Crippen LogP contribution in [0.1, 0.15) is 36.0 Å². The van der Waals surface area contributed by atoms with Crippen LogP contribution in [0, 0.1) is 6.92 Å². The Kier molecular flexibility index (Phi) is 5.60. The molecule has 2 nitrogen and oxygen atoms in total. The normalized spacial score (nSPS) is 11.4. The SMILES string of the molecule is [CH2]c1nn(C(C)C)c(Sc2cc(Cl)cc(Cl)c2)c1Cc1cccs1. The smallest absolute Gasteiger partial charge is 0.103 e. The maximum atomic E-state index is 6.15. The molecule has 0 aliphatic rings. The van der Waals surface area contributed by atoms with E-state index in [-0.39, 0.29) is 6.04 Å². The van der Waals surface area contributed by atoms with Gasteiger partial charge in [-0.25, -0.2) is 0 Å². The lowest BCUT2D eigenvalue weighted by molar-refractivity contribution is 0.490. The summed E-state index contributed by atoms with van der Waals surface area (Å²) in [4.78, 5) is 2.30. The Bertz CT molecular complexity index is 819. The lowest BCUT2D eigenvalue weighted by Crippen LogP contribution is -2.04. The fourth-order valence-electron chi connectivity index (χ4n) is 2.42. The van der Waals surface area contributed by atoms with Gasteiger partial charge in [0.25, 0.3) is 0 Å². The fraction of sp³-hybridized carbons (Fsp3) is 0.222. The second kappa shape index (κ2) is 7.52. The van der Waals surface area contributed by atoms with Crippen molar-refractivity contribution in [3.05, 3.63) is 68.8 Å². The van der Waals surface area contributed by atoms with Crippen molar-refractivity contribution in [2.75, 3.05) is 0 Å². The van der Waals surface area contributed by atoms with Gasteiger partial charge in [0.1, 0.15) is 5.03 Å². The van der Waals surface area contributed by atoms with E-state index >= 15 is 0 Å². The van der Waals surface area contributed by atoms with Crippen LogP contribution in [0.2, 0.25) is 10.0 Å². The molecular weight excluding hydrogens is 379 g/mol. The molecule has 0 unspecified atom stereocenters. The fourth-order valence-corrected chi connectivity index (χ4v) is 5.05. The Morgan fingerprint density at radius 2 is 1.96 bits per heavy atom. The number of hydrogen-bond acceptors (Lipinski definition) is 3. The van der Waals surface area contributed by atoms with Gasteiger partial charge in [0.15, 0.2) is 0 Å². The Morgan fingerprint density at radius 3 is 2.54 bits per heavy atom. The van der Waals surface area contributed by atoms with E-state index in [1.165, 1.54) is 4.88 Å². The average molecular weight is 396 g/mol. The third-order valence-corrected chi connectivity index (χ3v) is 5.92. The largest absolute Gasteiger partial charge is 0.256 e. The van der Waals surface area contributed by atoms with Crippen LogP contribution in [0.3, 0.4) is 0 Å². The molecule has 2 aromatic heterocycles. The number of nitrogens with zero attached hydrogens (tertiary/aromatic N) is 2. The summed E-state index contributed by atoms with van der Waals surface area (Å²) in [6.07, 6.45) is 0.833. The van der Waals surface area contributed by atoms with Crippen molar-refractivity contribution in [2.24, 2.45) is 0 Å². The average Bonchev–Trinajstić information content (AvgIpc) is 3.09. The van der Waals surface area contributed by atoms with Crippen molar-refractivity contribution in [3.8, 4) is 0 Å². The molecule has 0 amide bonds. The first kappa shape index (κ1) is 17.9. The van der Waals surface area contributed by atoms with Crippen molar-refractivity contribution < 1.29 is 0 Å². The van der Waals surface area contributed by atoms with Crippen molar-refractivity contribution >= 4 is 46.3 Å². The van der Waals surface area contributed by atoms with E-state index < -0.39 is 0 Å². The Balaban J connectivity index is 2.03. The van der Waals surface area contributed by atoms with Gasteiger partial charge in [0.2, 0.25) is 0 Å². The van der Waals surface area contributed by atoms with Crippen LogP contribution >= 0.6 is 46.3 Å². The van der Waals surface area contributed by atoms with E-state index in [9.17, 15) is 0 Å². The predicted octanol–water partition coefficient (Wildman–Crippen LogP) is 6.76. The first-order valence-electron chi connectivity index (χ1n) is 7.53. The Hall–Kier alpha value is -0.940. The van der Waals surface area contributed by atoms with Crippen molar-refractivity contribution in [1.29, 1.82) is 0 Å². The molecule has 1 aromatic carbocycles. The third kappa shape index (κ3) is 3.99. The molecule has 3 aromatic rings. The van der Waals surface area contributed by atoms with Gasteiger partial charge in [-0.1, -0.05) is 41.0 Å². The zero-order valence-electron chi connectivity index (χ0n) is 13.4. The number of hydrogen-bond donors (Lipinski definition) is 0. The summed E-state index contributed by atoms with van der Waals surface area (Å²) in [5.41, 5.74) is 1.99. The predicted molar refractivity (Wildman–Crippen MR) is 105 cm³/mol. The van der Waals surface area contributed by atoms with Crippen LogP contribution in [0.15, 0.2) is 45.6 Å². The first-order chi connectivity index (χ1) is 11.4. The lowest BCUT2D eigenvalue weighted by atomic mass is 10.2. The van der Waals surface area contributed by atoms with Gasteiger partial charge in [0, 0.05) is 37.8 Å². The summed E-state index contributed by atoms with van der Waals surface area (Å²) >= 11 is 15.7. The molecule has 0 atom stereocenters. The van der Waals surface area contributed by atoms with Gasteiger partial charge in [-0.2, -0.15) is 5.10 Å². The van der Waals surface area contributed by atoms with Crippen LogP contribution in [-0.4, -0.2) is 9.78 Å². The van der Waals surface area contributed by atoms with E-state index in [0.717, 1.165) is 27.6 Å². The molecule has 0 N–H and O–H groups in total.